The summed E-state index contributed by atoms with van der Waals surface area (Å²) >= 11 is 9.67. The van der Waals surface area contributed by atoms with E-state index >= 15 is 0 Å². The molecule has 3 N–H and O–H groups in total. The van der Waals surface area contributed by atoms with Crippen LogP contribution in [0.3, 0.4) is 0 Å². The molecule has 4 heteroatoms. The van der Waals surface area contributed by atoms with Crippen LogP contribution in [-0.2, 0) is 0 Å². The molecular weight excluding hydrogens is 326 g/mol. The molecule has 0 heterocycles. The molecule has 0 saturated heterocycles. The monoisotopic (exact) mass is 345 g/mol. The minimum absolute atomic E-state index is 0.217. The van der Waals surface area contributed by atoms with Crippen LogP contribution in [-0.4, -0.2) is 11.7 Å². The first-order chi connectivity index (χ1) is 9.02. The van der Waals surface area contributed by atoms with Crippen molar-refractivity contribution in [3.63, 3.8) is 0 Å². The number of nitrogens with two attached hydrogens (primary N) is 1. The van der Waals surface area contributed by atoms with Gasteiger partial charge in [-0.1, -0.05) is 40.9 Å². The molecule has 19 heavy (non-hydrogen) atoms. The average molecular weight is 347 g/mol. The summed E-state index contributed by atoms with van der Waals surface area (Å²) < 4.78 is 0.933. The van der Waals surface area contributed by atoms with Crippen LogP contribution >= 0.6 is 27.5 Å². The molecule has 0 amide bonds. The Hall–Kier alpha value is -0.0900. The number of rotatable bonds is 4. The van der Waals surface area contributed by atoms with Gasteiger partial charge in [-0.2, -0.15) is 0 Å². The smallest absolute Gasteiger partial charge is 0.0873 e. The van der Waals surface area contributed by atoms with Gasteiger partial charge < -0.3 is 10.8 Å². The molecule has 3 atom stereocenters. The van der Waals surface area contributed by atoms with Crippen molar-refractivity contribution < 1.29 is 5.11 Å². The first-order valence-electron chi connectivity index (χ1n) is 6.85. The highest BCUT2D eigenvalue weighted by molar-refractivity contribution is 9.10. The van der Waals surface area contributed by atoms with Crippen molar-refractivity contribution in [3.8, 4) is 0 Å². The highest BCUT2D eigenvalue weighted by atomic mass is 79.9. The number of aliphatic hydroxyl groups is 1. The van der Waals surface area contributed by atoms with Gasteiger partial charge in [-0.05, 0) is 43.4 Å². The summed E-state index contributed by atoms with van der Waals surface area (Å²) in [5, 5.41) is 11.4. The minimum Gasteiger partial charge on any atom is -0.388 e. The lowest BCUT2D eigenvalue weighted by Gasteiger charge is -2.34. The first kappa shape index (κ1) is 15.3. The van der Waals surface area contributed by atoms with E-state index in [4.69, 9.17) is 17.3 Å². The predicted octanol–water partition coefficient (Wildman–Crippen LogP) is 4.29. The normalized spacial score (nSPS) is 28.6. The van der Waals surface area contributed by atoms with Crippen LogP contribution in [0, 0.1) is 11.3 Å². The molecule has 3 unspecified atom stereocenters. The van der Waals surface area contributed by atoms with E-state index < -0.39 is 6.10 Å². The van der Waals surface area contributed by atoms with Gasteiger partial charge in [0.15, 0.2) is 0 Å². The lowest BCUT2D eigenvalue weighted by atomic mass is 9.76. The average Bonchev–Trinajstić information content (AvgIpc) is 2.85. The molecule has 0 bridgehead atoms. The Morgan fingerprint density at radius 2 is 2.32 bits per heavy atom. The van der Waals surface area contributed by atoms with Gasteiger partial charge in [-0.3, -0.25) is 0 Å². The fraction of sp³-hybridized carbons (Fsp3) is 0.600. The van der Waals surface area contributed by atoms with Gasteiger partial charge in [0.25, 0.3) is 0 Å². The standard InChI is InChI=1S/C15H21BrClNO/c1-2-10-5-6-15(8-10,9-18)14(19)12-7-11(16)3-4-13(12)17/h3-4,7,10,14,19H,2,5-6,8-9,18H2,1H3. The molecular formula is C15H21BrClNO. The second-order valence-corrected chi connectivity index (χ2v) is 6.97. The number of halogens is 2. The largest absolute Gasteiger partial charge is 0.388 e. The quantitative estimate of drug-likeness (QED) is 0.854. The molecule has 0 radical (unpaired) electrons. The minimum atomic E-state index is -0.584. The van der Waals surface area contributed by atoms with Crippen LogP contribution in [0.2, 0.25) is 5.02 Å². The molecule has 1 aliphatic rings. The maximum atomic E-state index is 10.8. The third-order valence-electron chi connectivity index (χ3n) is 4.56. The summed E-state index contributed by atoms with van der Waals surface area (Å²) in [4.78, 5) is 0. The Morgan fingerprint density at radius 3 is 2.89 bits per heavy atom. The third kappa shape index (κ3) is 2.99. The maximum absolute atomic E-state index is 10.8. The van der Waals surface area contributed by atoms with E-state index in [1.54, 1.807) is 0 Å². The summed E-state index contributed by atoms with van der Waals surface area (Å²) in [6.07, 6.45) is 3.69. The van der Waals surface area contributed by atoms with Crippen LogP contribution in [0.15, 0.2) is 22.7 Å². The lowest BCUT2D eigenvalue weighted by molar-refractivity contribution is 0.0302. The van der Waals surface area contributed by atoms with Crippen molar-refractivity contribution >= 4 is 27.5 Å². The van der Waals surface area contributed by atoms with Gasteiger partial charge in [0.1, 0.15) is 0 Å². The Labute approximate surface area is 128 Å². The number of hydrogen-bond acceptors (Lipinski definition) is 2. The zero-order chi connectivity index (χ0) is 14.0. The molecule has 2 rings (SSSR count). The van der Waals surface area contributed by atoms with E-state index in [2.05, 4.69) is 22.9 Å². The van der Waals surface area contributed by atoms with E-state index in [0.717, 1.165) is 35.7 Å². The van der Waals surface area contributed by atoms with Crippen LogP contribution in [0.1, 0.15) is 44.3 Å². The van der Waals surface area contributed by atoms with E-state index in [1.165, 1.54) is 0 Å². The molecule has 1 saturated carbocycles. The molecule has 1 aliphatic carbocycles. The zero-order valence-corrected chi connectivity index (χ0v) is 13.5. The number of hydrogen-bond donors (Lipinski definition) is 2. The molecule has 1 aromatic rings. The van der Waals surface area contributed by atoms with Gasteiger partial charge in [-0.25, -0.2) is 0 Å². The third-order valence-corrected chi connectivity index (χ3v) is 5.40. The van der Waals surface area contributed by atoms with E-state index in [0.29, 0.717) is 17.5 Å². The van der Waals surface area contributed by atoms with Crippen molar-refractivity contribution in [1.82, 2.24) is 0 Å². The Kier molecular flexibility index (Phi) is 4.93. The van der Waals surface area contributed by atoms with Crippen molar-refractivity contribution in [2.75, 3.05) is 6.54 Å². The second-order valence-electron chi connectivity index (χ2n) is 5.65. The maximum Gasteiger partial charge on any atom is 0.0873 e. The van der Waals surface area contributed by atoms with Crippen LogP contribution in [0.4, 0.5) is 0 Å². The molecule has 0 spiro atoms. The predicted molar refractivity (Wildman–Crippen MR) is 83.2 cm³/mol. The highest BCUT2D eigenvalue weighted by Crippen LogP contribution is 2.51. The van der Waals surface area contributed by atoms with Crippen molar-refractivity contribution in [3.05, 3.63) is 33.3 Å². The zero-order valence-electron chi connectivity index (χ0n) is 11.2. The summed E-state index contributed by atoms with van der Waals surface area (Å²) in [6.45, 7) is 2.71. The summed E-state index contributed by atoms with van der Waals surface area (Å²) in [5.41, 5.74) is 6.57. The van der Waals surface area contributed by atoms with Crippen LogP contribution in [0.5, 0.6) is 0 Å². The van der Waals surface area contributed by atoms with Crippen molar-refractivity contribution in [2.24, 2.45) is 17.1 Å². The Balaban J connectivity index is 2.31. The molecule has 2 nitrogen and oxygen atoms in total. The fourth-order valence-corrected chi connectivity index (χ4v) is 3.82. The van der Waals surface area contributed by atoms with E-state index in [-0.39, 0.29) is 5.41 Å². The van der Waals surface area contributed by atoms with Crippen molar-refractivity contribution in [1.29, 1.82) is 0 Å². The van der Waals surface area contributed by atoms with Gasteiger partial charge in [0, 0.05) is 27.0 Å². The summed E-state index contributed by atoms with van der Waals surface area (Å²) in [7, 11) is 0. The fourth-order valence-electron chi connectivity index (χ4n) is 3.22. The van der Waals surface area contributed by atoms with E-state index in [1.807, 2.05) is 18.2 Å². The van der Waals surface area contributed by atoms with Crippen LogP contribution in [0.25, 0.3) is 0 Å². The molecule has 0 aromatic heterocycles. The number of benzene rings is 1. The van der Waals surface area contributed by atoms with Gasteiger partial charge in [0.05, 0.1) is 6.10 Å². The van der Waals surface area contributed by atoms with Gasteiger partial charge in [-0.15, -0.1) is 0 Å². The second kappa shape index (κ2) is 6.13. The topological polar surface area (TPSA) is 46.2 Å². The SMILES string of the molecule is CCC1CCC(CN)(C(O)c2cc(Br)ccc2Cl)C1. The summed E-state index contributed by atoms with van der Waals surface area (Å²) in [6, 6.07) is 5.61. The molecule has 0 aliphatic heterocycles. The van der Waals surface area contributed by atoms with Crippen molar-refractivity contribution in [2.45, 2.75) is 38.7 Å². The van der Waals surface area contributed by atoms with E-state index in [9.17, 15) is 5.11 Å². The summed E-state index contributed by atoms with van der Waals surface area (Å²) in [5.74, 6) is 0.670. The Bertz CT molecular complexity index is 454. The number of aliphatic hydroxyl groups excluding tert-OH is 1. The lowest BCUT2D eigenvalue weighted by Crippen LogP contribution is -2.34. The van der Waals surface area contributed by atoms with Gasteiger partial charge in [0.2, 0.25) is 0 Å². The molecule has 106 valence electrons. The molecule has 1 fully saturated rings. The van der Waals surface area contributed by atoms with Crippen LogP contribution < -0.4 is 5.73 Å². The first-order valence-corrected chi connectivity index (χ1v) is 8.02. The van der Waals surface area contributed by atoms with Gasteiger partial charge >= 0.3 is 0 Å². The Morgan fingerprint density at radius 1 is 1.58 bits per heavy atom. The highest BCUT2D eigenvalue weighted by Gasteiger charge is 2.44. The molecule has 1 aromatic carbocycles.